The molecule has 2 rings (SSSR count). The number of aliphatic hydroxyl groups is 1. The normalized spacial score (nSPS) is 58.6. The maximum Gasteiger partial charge on any atom is 0.0678 e. The number of rotatable bonds is 0. The predicted octanol–water partition coefficient (Wildman–Crippen LogP) is 2.69. The summed E-state index contributed by atoms with van der Waals surface area (Å²) in [6.45, 7) is 11.3. The van der Waals surface area contributed by atoms with Crippen LogP contribution < -0.4 is 0 Å². The standard InChI is InChI=1S/C12H22O/c1-7-10-6-9(11(7,3)4)8(2)12(10,5)13/h7-10,13H,6H2,1-5H3/t7-,8+,9-,10-,12+/m0/s1. The van der Waals surface area contributed by atoms with Crippen LogP contribution in [0.5, 0.6) is 0 Å². The van der Waals surface area contributed by atoms with Crippen LogP contribution in [0.4, 0.5) is 0 Å². The van der Waals surface area contributed by atoms with Crippen molar-refractivity contribution >= 4 is 0 Å². The average Bonchev–Trinajstić information content (AvgIpc) is 2.35. The van der Waals surface area contributed by atoms with Gasteiger partial charge in [-0.05, 0) is 42.4 Å². The number of fused-ring (bicyclic) bond motifs is 2. The SMILES string of the molecule is C[C@@H]1[C@@H]2C[C@@H]([C@H](C)C2(C)C)[C@]1(C)O. The summed E-state index contributed by atoms with van der Waals surface area (Å²) >= 11 is 0. The zero-order valence-electron chi connectivity index (χ0n) is 9.46. The second kappa shape index (κ2) is 2.31. The first-order valence-corrected chi connectivity index (χ1v) is 5.52. The van der Waals surface area contributed by atoms with E-state index in [-0.39, 0.29) is 0 Å². The summed E-state index contributed by atoms with van der Waals surface area (Å²) in [4.78, 5) is 0. The molecule has 76 valence electrons. The summed E-state index contributed by atoms with van der Waals surface area (Å²) in [5, 5.41) is 10.4. The monoisotopic (exact) mass is 182 g/mol. The lowest BCUT2D eigenvalue weighted by Gasteiger charge is -2.47. The molecule has 0 saturated heterocycles. The van der Waals surface area contributed by atoms with Gasteiger partial charge in [-0.2, -0.15) is 0 Å². The molecule has 0 aromatic rings. The second-order valence-electron chi connectivity index (χ2n) is 6.07. The molecule has 0 spiro atoms. The second-order valence-corrected chi connectivity index (χ2v) is 6.07. The summed E-state index contributed by atoms with van der Waals surface area (Å²) in [7, 11) is 0. The van der Waals surface area contributed by atoms with Crippen LogP contribution in [0.2, 0.25) is 0 Å². The van der Waals surface area contributed by atoms with Crippen molar-refractivity contribution in [2.24, 2.45) is 29.1 Å². The summed E-state index contributed by atoms with van der Waals surface area (Å²) in [6.07, 6.45) is 1.24. The third-order valence-electron chi connectivity index (χ3n) is 5.52. The largest absolute Gasteiger partial charge is 0.390 e. The van der Waals surface area contributed by atoms with Gasteiger partial charge < -0.3 is 5.11 Å². The molecule has 1 nitrogen and oxygen atoms in total. The summed E-state index contributed by atoms with van der Waals surface area (Å²) in [5.74, 6) is 2.40. The van der Waals surface area contributed by atoms with Crippen LogP contribution in [0.3, 0.4) is 0 Å². The fraction of sp³-hybridized carbons (Fsp3) is 1.00. The van der Waals surface area contributed by atoms with Gasteiger partial charge in [-0.15, -0.1) is 0 Å². The third-order valence-corrected chi connectivity index (χ3v) is 5.52. The molecule has 5 atom stereocenters. The van der Waals surface area contributed by atoms with E-state index in [0.29, 0.717) is 23.2 Å². The molecule has 2 aliphatic rings. The van der Waals surface area contributed by atoms with Gasteiger partial charge in [0.05, 0.1) is 5.60 Å². The van der Waals surface area contributed by atoms with Crippen molar-refractivity contribution in [1.82, 2.24) is 0 Å². The Balaban J connectivity index is 2.37. The van der Waals surface area contributed by atoms with Crippen LogP contribution >= 0.6 is 0 Å². The molecular weight excluding hydrogens is 160 g/mol. The van der Waals surface area contributed by atoms with Crippen LogP contribution in [-0.2, 0) is 0 Å². The van der Waals surface area contributed by atoms with Gasteiger partial charge in [0.15, 0.2) is 0 Å². The van der Waals surface area contributed by atoms with Crippen LogP contribution in [-0.4, -0.2) is 10.7 Å². The van der Waals surface area contributed by atoms with E-state index in [1.807, 2.05) is 6.92 Å². The van der Waals surface area contributed by atoms with Gasteiger partial charge in [-0.25, -0.2) is 0 Å². The number of hydrogen-bond acceptors (Lipinski definition) is 1. The Morgan fingerprint density at radius 3 is 1.92 bits per heavy atom. The quantitative estimate of drug-likeness (QED) is 0.610. The molecule has 0 aromatic carbocycles. The maximum absolute atomic E-state index is 10.4. The lowest BCUT2D eigenvalue weighted by Crippen LogP contribution is -2.48. The molecule has 0 heterocycles. The summed E-state index contributed by atoms with van der Waals surface area (Å²) < 4.78 is 0. The Morgan fingerprint density at radius 2 is 1.54 bits per heavy atom. The Bertz CT molecular complexity index is 205. The van der Waals surface area contributed by atoms with Crippen molar-refractivity contribution < 1.29 is 5.11 Å². The molecule has 0 aliphatic heterocycles. The molecule has 2 aliphatic carbocycles. The van der Waals surface area contributed by atoms with E-state index < -0.39 is 5.60 Å². The smallest absolute Gasteiger partial charge is 0.0678 e. The van der Waals surface area contributed by atoms with Crippen LogP contribution in [0.1, 0.15) is 41.0 Å². The van der Waals surface area contributed by atoms with Crippen LogP contribution in [0.15, 0.2) is 0 Å². The molecule has 1 heteroatoms. The molecular formula is C12H22O. The van der Waals surface area contributed by atoms with E-state index in [1.165, 1.54) is 6.42 Å². The minimum absolute atomic E-state index is 0.403. The molecule has 2 saturated carbocycles. The van der Waals surface area contributed by atoms with Gasteiger partial charge >= 0.3 is 0 Å². The number of hydrogen-bond donors (Lipinski definition) is 1. The van der Waals surface area contributed by atoms with Gasteiger partial charge in [0, 0.05) is 0 Å². The summed E-state index contributed by atoms with van der Waals surface area (Å²) in [6, 6.07) is 0. The first-order chi connectivity index (χ1) is 5.79. The molecule has 1 N–H and O–H groups in total. The lowest BCUT2D eigenvalue weighted by molar-refractivity contribution is -0.0943. The van der Waals surface area contributed by atoms with Gasteiger partial charge in [0.1, 0.15) is 0 Å². The van der Waals surface area contributed by atoms with Gasteiger partial charge in [0.2, 0.25) is 0 Å². The van der Waals surface area contributed by atoms with Crippen molar-refractivity contribution in [3.05, 3.63) is 0 Å². The van der Waals surface area contributed by atoms with Gasteiger partial charge in [0.25, 0.3) is 0 Å². The highest BCUT2D eigenvalue weighted by Crippen LogP contribution is 2.65. The fourth-order valence-corrected chi connectivity index (χ4v) is 3.98. The lowest BCUT2D eigenvalue weighted by atomic mass is 9.61. The van der Waals surface area contributed by atoms with Crippen molar-refractivity contribution in [2.75, 3.05) is 0 Å². The minimum Gasteiger partial charge on any atom is -0.390 e. The fourth-order valence-electron chi connectivity index (χ4n) is 3.98. The van der Waals surface area contributed by atoms with Crippen LogP contribution in [0.25, 0.3) is 0 Å². The van der Waals surface area contributed by atoms with Crippen molar-refractivity contribution in [3.63, 3.8) is 0 Å². The Hall–Kier alpha value is -0.0400. The molecule has 13 heavy (non-hydrogen) atoms. The van der Waals surface area contributed by atoms with E-state index >= 15 is 0 Å². The van der Waals surface area contributed by atoms with Crippen LogP contribution in [0, 0.1) is 29.1 Å². The predicted molar refractivity (Wildman–Crippen MR) is 54.3 cm³/mol. The van der Waals surface area contributed by atoms with E-state index in [4.69, 9.17) is 0 Å². The van der Waals surface area contributed by atoms with Crippen molar-refractivity contribution in [1.29, 1.82) is 0 Å². The highest BCUT2D eigenvalue weighted by atomic mass is 16.3. The third kappa shape index (κ3) is 0.918. The zero-order valence-corrected chi connectivity index (χ0v) is 9.46. The first kappa shape index (κ1) is 9.51. The average molecular weight is 182 g/mol. The molecule has 0 amide bonds. The summed E-state index contributed by atoms with van der Waals surface area (Å²) in [5.41, 5.74) is 0.0337. The maximum atomic E-state index is 10.4. The molecule has 0 aromatic heterocycles. The molecule has 0 radical (unpaired) electrons. The topological polar surface area (TPSA) is 20.2 Å². The van der Waals surface area contributed by atoms with E-state index in [9.17, 15) is 5.11 Å². The Kier molecular flexibility index (Phi) is 1.69. The van der Waals surface area contributed by atoms with Gasteiger partial charge in [-0.3, -0.25) is 0 Å². The highest BCUT2D eigenvalue weighted by molar-refractivity contribution is 5.12. The molecule has 0 unspecified atom stereocenters. The van der Waals surface area contributed by atoms with Gasteiger partial charge in [-0.1, -0.05) is 27.7 Å². The van der Waals surface area contributed by atoms with E-state index in [1.54, 1.807) is 0 Å². The molecule has 2 bridgehead atoms. The van der Waals surface area contributed by atoms with E-state index in [2.05, 4.69) is 27.7 Å². The van der Waals surface area contributed by atoms with Crippen molar-refractivity contribution in [3.8, 4) is 0 Å². The van der Waals surface area contributed by atoms with Crippen molar-refractivity contribution in [2.45, 2.75) is 46.6 Å². The van der Waals surface area contributed by atoms with E-state index in [0.717, 1.165) is 5.92 Å². The highest BCUT2D eigenvalue weighted by Gasteiger charge is 2.63. The Morgan fingerprint density at radius 1 is 1.00 bits per heavy atom. The molecule has 2 fully saturated rings. The first-order valence-electron chi connectivity index (χ1n) is 5.52. The minimum atomic E-state index is -0.403. The Labute approximate surface area is 81.5 Å². The zero-order chi connectivity index (χ0) is 10.0.